The molecule has 0 aliphatic heterocycles. The van der Waals surface area contributed by atoms with Crippen LogP contribution in [0.3, 0.4) is 0 Å². The number of rotatable bonds is 9. The Morgan fingerprint density at radius 1 is 0.963 bits per heavy atom. The summed E-state index contributed by atoms with van der Waals surface area (Å²) < 4.78 is 0. The third kappa shape index (κ3) is 6.24. The van der Waals surface area contributed by atoms with Gasteiger partial charge < -0.3 is 10.2 Å². The standard InChI is InChI=1S/C23H30N2O2/c1-4-9-22(26)25(17-20-14-12-18(3)13-15-20)21(23(27)24-5-2)16-19-10-7-6-8-11-19/h6-8,10-15,21H,4-5,9,16-17H2,1-3H3,(H,24,27). The zero-order valence-corrected chi connectivity index (χ0v) is 16.6. The van der Waals surface area contributed by atoms with E-state index >= 15 is 0 Å². The monoisotopic (exact) mass is 366 g/mol. The van der Waals surface area contributed by atoms with E-state index < -0.39 is 6.04 Å². The predicted octanol–water partition coefficient (Wildman–Crippen LogP) is 3.87. The molecule has 2 rings (SSSR count). The summed E-state index contributed by atoms with van der Waals surface area (Å²) in [4.78, 5) is 27.5. The highest BCUT2D eigenvalue weighted by Crippen LogP contribution is 2.16. The first kappa shape index (κ1) is 20.7. The van der Waals surface area contributed by atoms with Crippen LogP contribution in [0.25, 0.3) is 0 Å². The lowest BCUT2D eigenvalue weighted by molar-refractivity contribution is -0.141. The summed E-state index contributed by atoms with van der Waals surface area (Å²) in [6.07, 6.45) is 1.71. The van der Waals surface area contributed by atoms with Crippen molar-refractivity contribution >= 4 is 11.8 Å². The van der Waals surface area contributed by atoms with Crippen LogP contribution in [0.5, 0.6) is 0 Å². The van der Waals surface area contributed by atoms with Gasteiger partial charge in [-0.25, -0.2) is 0 Å². The van der Waals surface area contributed by atoms with E-state index in [1.54, 1.807) is 4.90 Å². The Morgan fingerprint density at radius 3 is 2.22 bits per heavy atom. The molecule has 4 nitrogen and oxygen atoms in total. The SMILES string of the molecule is CCCC(=O)N(Cc1ccc(C)cc1)C(Cc1ccccc1)C(=O)NCC. The van der Waals surface area contributed by atoms with E-state index in [-0.39, 0.29) is 11.8 Å². The summed E-state index contributed by atoms with van der Waals surface area (Å²) in [6.45, 7) is 6.91. The number of nitrogens with one attached hydrogen (secondary N) is 1. The van der Waals surface area contributed by atoms with Crippen LogP contribution in [0.2, 0.25) is 0 Å². The van der Waals surface area contributed by atoms with Gasteiger partial charge in [-0.3, -0.25) is 9.59 Å². The minimum atomic E-state index is -0.521. The topological polar surface area (TPSA) is 49.4 Å². The van der Waals surface area contributed by atoms with Crippen LogP contribution in [0.1, 0.15) is 43.4 Å². The number of aryl methyl sites for hydroxylation is 1. The van der Waals surface area contributed by atoms with Gasteiger partial charge in [0.2, 0.25) is 11.8 Å². The molecule has 0 radical (unpaired) electrons. The fraction of sp³-hybridized carbons (Fsp3) is 0.391. The van der Waals surface area contributed by atoms with Gasteiger partial charge in [0.25, 0.3) is 0 Å². The predicted molar refractivity (Wildman–Crippen MR) is 109 cm³/mol. The maximum atomic E-state index is 12.9. The summed E-state index contributed by atoms with van der Waals surface area (Å²) in [5, 5.41) is 2.91. The zero-order chi connectivity index (χ0) is 19.6. The Kier molecular flexibility index (Phi) is 8.05. The second kappa shape index (κ2) is 10.5. The van der Waals surface area contributed by atoms with Crippen molar-refractivity contribution in [1.29, 1.82) is 0 Å². The molecule has 0 aliphatic carbocycles. The van der Waals surface area contributed by atoms with E-state index in [1.807, 2.05) is 75.4 Å². The van der Waals surface area contributed by atoms with E-state index in [4.69, 9.17) is 0 Å². The molecule has 0 spiro atoms. The van der Waals surface area contributed by atoms with Gasteiger partial charge in [-0.2, -0.15) is 0 Å². The summed E-state index contributed by atoms with van der Waals surface area (Å²) in [7, 11) is 0. The Morgan fingerprint density at radius 2 is 1.63 bits per heavy atom. The van der Waals surface area contributed by atoms with Gasteiger partial charge in [-0.15, -0.1) is 0 Å². The van der Waals surface area contributed by atoms with Gasteiger partial charge in [-0.05, 0) is 31.4 Å². The van der Waals surface area contributed by atoms with E-state index in [1.165, 1.54) is 5.56 Å². The normalized spacial score (nSPS) is 11.7. The molecule has 2 aromatic rings. The maximum Gasteiger partial charge on any atom is 0.243 e. The van der Waals surface area contributed by atoms with Crippen LogP contribution in [0.4, 0.5) is 0 Å². The summed E-state index contributed by atoms with van der Waals surface area (Å²) in [5.41, 5.74) is 3.26. The molecule has 0 aromatic heterocycles. The lowest BCUT2D eigenvalue weighted by Gasteiger charge is -2.31. The van der Waals surface area contributed by atoms with E-state index in [9.17, 15) is 9.59 Å². The molecule has 144 valence electrons. The van der Waals surface area contributed by atoms with Crippen molar-refractivity contribution in [1.82, 2.24) is 10.2 Å². The highest BCUT2D eigenvalue weighted by molar-refractivity contribution is 5.88. The van der Waals surface area contributed by atoms with Gasteiger partial charge in [0, 0.05) is 25.9 Å². The van der Waals surface area contributed by atoms with E-state index in [0.717, 1.165) is 17.5 Å². The number of hydrogen-bond acceptors (Lipinski definition) is 2. The first-order valence-corrected chi connectivity index (χ1v) is 9.71. The minimum absolute atomic E-state index is 0.0188. The van der Waals surface area contributed by atoms with Crippen molar-refractivity contribution in [3.63, 3.8) is 0 Å². The van der Waals surface area contributed by atoms with E-state index in [0.29, 0.717) is 25.9 Å². The number of benzene rings is 2. The van der Waals surface area contributed by atoms with Crippen molar-refractivity contribution < 1.29 is 9.59 Å². The van der Waals surface area contributed by atoms with Crippen molar-refractivity contribution in [3.8, 4) is 0 Å². The molecule has 0 saturated carbocycles. The number of hydrogen-bond donors (Lipinski definition) is 1. The van der Waals surface area contributed by atoms with Gasteiger partial charge in [0.1, 0.15) is 6.04 Å². The van der Waals surface area contributed by atoms with Crippen molar-refractivity contribution in [2.24, 2.45) is 0 Å². The first-order chi connectivity index (χ1) is 13.0. The summed E-state index contributed by atoms with van der Waals surface area (Å²) >= 11 is 0. The summed E-state index contributed by atoms with van der Waals surface area (Å²) in [6, 6.07) is 17.5. The number of nitrogens with zero attached hydrogens (tertiary/aromatic N) is 1. The molecule has 0 bridgehead atoms. The van der Waals surface area contributed by atoms with Gasteiger partial charge in [0.15, 0.2) is 0 Å². The van der Waals surface area contributed by atoms with Crippen LogP contribution in [0.15, 0.2) is 54.6 Å². The Bertz CT molecular complexity index is 726. The maximum absolute atomic E-state index is 12.9. The van der Waals surface area contributed by atoms with Crippen LogP contribution in [-0.2, 0) is 22.6 Å². The van der Waals surface area contributed by atoms with Gasteiger partial charge in [0.05, 0.1) is 0 Å². The molecule has 2 amide bonds. The second-order valence-electron chi connectivity index (χ2n) is 6.86. The van der Waals surface area contributed by atoms with E-state index in [2.05, 4.69) is 5.32 Å². The fourth-order valence-electron chi connectivity index (χ4n) is 3.09. The molecule has 0 aliphatic rings. The largest absolute Gasteiger partial charge is 0.355 e. The molecule has 1 unspecified atom stereocenters. The molecule has 1 N–H and O–H groups in total. The average molecular weight is 367 g/mol. The molecule has 0 fully saturated rings. The number of amides is 2. The average Bonchev–Trinajstić information content (AvgIpc) is 2.67. The first-order valence-electron chi connectivity index (χ1n) is 9.71. The van der Waals surface area contributed by atoms with Gasteiger partial charge in [-0.1, -0.05) is 67.1 Å². The smallest absolute Gasteiger partial charge is 0.243 e. The quantitative estimate of drug-likeness (QED) is 0.732. The third-order valence-corrected chi connectivity index (χ3v) is 4.56. The molecule has 0 heterocycles. The van der Waals surface area contributed by atoms with Crippen molar-refractivity contribution in [2.45, 2.75) is 52.6 Å². The molecule has 1 atom stereocenters. The number of carbonyl (C=O) groups excluding carboxylic acids is 2. The zero-order valence-electron chi connectivity index (χ0n) is 16.6. The van der Waals surface area contributed by atoms with Crippen LogP contribution >= 0.6 is 0 Å². The number of likely N-dealkylation sites (N-methyl/N-ethyl adjacent to an activating group) is 1. The van der Waals surface area contributed by atoms with Crippen LogP contribution in [-0.4, -0.2) is 29.3 Å². The third-order valence-electron chi connectivity index (χ3n) is 4.56. The van der Waals surface area contributed by atoms with Crippen LogP contribution < -0.4 is 5.32 Å². The minimum Gasteiger partial charge on any atom is -0.355 e. The molecule has 0 saturated heterocycles. The summed E-state index contributed by atoms with van der Waals surface area (Å²) in [5.74, 6) is -0.0804. The molecule has 4 heteroatoms. The van der Waals surface area contributed by atoms with Crippen LogP contribution in [0, 0.1) is 6.92 Å². The second-order valence-corrected chi connectivity index (χ2v) is 6.86. The molecule has 2 aromatic carbocycles. The molecular formula is C23H30N2O2. The highest BCUT2D eigenvalue weighted by Gasteiger charge is 2.29. The Balaban J connectivity index is 2.33. The fourth-order valence-corrected chi connectivity index (χ4v) is 3.09. The number of carbonyl (C=O) groups is 2. The lowest BCUT2D eigenvalue weighted by atomic mass is 10.0. The van der Waals surface area contributed by atoms with Crippen molar-refractivity contribution in [3.05, 3.63) is 71.3 Å². The molecule has 27 heavy (non-hydrogen) atoms. The molecular weight excluding hydrogens is 336 g/mol. The van der Waals surface area contributed by atoms with Gasteiger partial charge >= 0.3 is 0 Å². The Labute approximate surface area is 162 Å². The lowest BCUT2D eigenvalue weighted by Crippen LogP contribution is -2.50. The Hall–Kier alpha value is -2.62. The highest BCUT2D eigenvalue weighted by atomic mass is 16.2. The van der Waals surface area contributed by atoms with Crippen molar-refractivity contribution in [2.75, 3.05) is 6.54 Å².